The molecule has 2 N–H and O–H groups in total. The fourth-order valence-corrected chi connectivity index (χ4v) is 1.85. The summed E-state index contributed by atoms with van der Waals surface area (Å²) in [6.07, 6.45) is 0.102. The number of nitrogens with zero attached hydrogens (tertiary/aromatic N) is 1. The molecule has 1 aliphatic heterocycles. The van der Waals surface area contributed by atoms with E-state index in [1.165, 1.54) is 0 Å². The Bertz CT molecular complexity index is 192. The minimum Gasteiger partial charge on any atom is -0.465 e. The number of hydrogen-bond acceptors (Lipinski definition) is 2. The zero-order valence-electron chi connectivity index (χ0n) is 8.50. The highest BCUT2D eigenvalue weighted by molar-refractivity contribution is 5.66. The fourth-order valence-electron chi connectivity index (χ4n) is 1.85. The maximum atomic E-state index is 11.0. The van der Waals surface area contributed by atoms with E-state index >= 15 is 0 Å². The maximum absolute atomic E-state index is 11.0. The minimum atomic E-state index is -0.818. The van der Waals surface area contributed by atoms with Crippen LogP contribution in [0.15, 0.2) is 0 Å². The SMILES string of the molecule is CC(C)(C)N(C(=O)O)[C@@H]1CCNC1. The molecule has 76 valence electrons. The van der Waals surface area contributed by atoms with Crippen molar-refractivity contribution < 1.29 is 9.90 Å². The van der Waals surface area contributed by atoms with Gasteiger partial charge in [0.15, 0.2) is 0 Å². The van der Waals surface area contributed by atoms with E-state index in [2.05, 4.69) is 5.32 Å². The van der Waals surface area contributed by atoms with Crippen LogP contribution in [0.4, 0.5) is 4.79 Å². The van der Waals surface area contributed by atoms with E-state index in [9.17, 15) is 4.79 Å². The van der Waals surface area contributed by atoms with Gasteiger partial charge in [0.05, 0.1) is 0 Å². The van der Waals surface area contributed by atoms with E-state index in [1.807, 2.05) is 20.8 Å². The fraction of sp³-hybridized carbons (Fsp3) is 0.889. The van der Waals surface area contributed by atoms with Crippen molar-refractivity contribution in [3.8, 4) is 0 Å². The molecule has 1 aliphatic rings. The predicted molar refractivity (Wildman–Crippen MR) is 50.9 cm³/mol. The van der Waals surface area contributed by atoms with Crippen molar-refractivity contribution in [1.29, 1.82) is 0 Å². The lowest BCUT2D eigenvalue weighted by Crippen LogP contribution is -2.51. The van der Waals surface area contributed by atoms with Crippen molar-refractivity contribution in [2.24, 2.45) is 0 Å². The van der Waals surface area contributed by atoms with Crippen LogP contribution in [0.5, 0.6) is 0 Å². The Morgan fingerprint density at radius 2 is 2.15 bits per heavy atom. The number of hydrogen-bond donors (Lipinski definition) is 2. The van der Waals surface area contributed by atoms with Crippen LogP contribution in [0.25, 0.3) is 0 Å². The molecule has 1 heterocycles. The summed E-state index contributed by atoms with van der Waals surface area (Å²) in [6, 6.07) is 0.137. The van der Waals surface area contributed by atoms with Crippen molar-refractivity contribution >= 4 is 6.09 Å². The Morgan fingerprint density at radius 3 is 2.46 bits per heavy atom. The smallest absolute Gasteiger partial charge is 0.408 e. The molecule has 1 atom stereocenters. The monoisotopic (exact) mass is 186 g/mol. The molecule has 0 aromatic carbocycles. The lowest BCUT2D eigenvalue weighted by molar-refractivity contribution is 0.0758. The number of carbonyl (C=O) groups is 1. The van der Waals surface area contributed by atoms with Crippen LogP contribution >= 0.6 is 0 Å². The van der Waals surface area contributed by atoms with E-state index < -0.39 is 6.09 Å². The minimum absolute atomic E-state index is 0.137. The van der Waals surface area contributed by atoms with Gasteiger partial charge in [-0.05, 0) is 33.7 Å². The lowest BCUT2D eigenvalue weighted by atomic mass is 10.0. The molecule has 13 heavy (non-hydrogen) atoms. The van der Waals surface area contributed by atoms with Gasteiger partial charge in [-0.2, -0.15) is 0 Å². The quantitative estimate of drug-likeness (QED) is 0.645. The summed E-state index contributed by atoms with van der Waals surface area (Å²) in [4.78, 5) is 12.6. The average molecular weight is 186 g/mol. The predicted octanol–water partition coefficient (Wildman–Crippen LogP) is 1.13. The molecule has 0 saturated carbocycles. The van der Waals surface area contributed by atoms with Crippen LogP contribution in [0.3, 0.4) is 0 Å². The van der Waals surface area contributed by atoms with Crippen LogP contribution in [-0.2, 0) is 0 Å². The first kappa shape index (κ1) is 10.3. The van der Waals surface area contributed by atoms with E-state index in [1.54, 1.807) is 4.90 Å². The molecule has 0 aromatic heterocycles. The van der Waals surface area contributed by atoms with Crippen molar-refractivity contribution in [2.45, 2.75) is 38.8 Å². The Labute approximate surface area is 78.9 Å². The van der Waals surface area contributed by atoms with Crippen LogP contribution in [-0.4, -0.2) is 40.8 Å². The molecule has 0 aliphatic carbocycles. The van der Waals surface area contributed by atoms with Gasteiger partial charge in [-0.3, -0.25) is 4.90 Å². The lowest BCUT2D eigenvalue weighted by Gasteiger charge is -2.37. The Hall–Kier alpha value is -0.770. The highest BCUT2D eigenvalue weighted by atomic mass is 16.4. The second kappa shape index (κ2) is 3.54. The molecular formula is C9H18N2O2. The second-order valence-electron chi connectivity index (χ2n) is 4.47. The first-order valence-corrected chi connectivity index (χ1v) is 4.66. The summed E-state index contributed by atoms with van der Waals surface area (Å²) in [5.74, 6) is 0. The van der Waals surface area contributed by atoms with Crippen LogP contribution in [0.2, 0.25) is 0 Å². The first-order chi connectivity index (χ1) is 5.93. The van der Waals surface area contributed by atoms with Crippen molar-refractivity contribution in [3.63, 3.8) is 0 Å². The Kier molecular flexibility index (Phi) is 2.81. The van der Waals surface area contributed by atoms with Crippen molar-refractivity contribution in [1.82, 2.24) is 10.2 Å². The van der Waals surface area contributed by atoms with Gasteiger partial charge in [0.25, 0.3) is 0 Å². The highest BCUT2D eigenvalue weighted by Gasteiger charge is 2.34. The van der Waals surface area contributed by atoms with Crippen LogP contribution in [0, 0.1) is 0 Å². The number of rotatable bonds is 1. The van der Waals surface area contributed by atoms with Gasteiger partial charge in [-0.25, -0.2) is 4.79 Å². The van der Waals surface area contributed by atoms with E-state index in [0.29, 0.717) is 0 Å². The van der Waals surface area contributed by atoms with E-state index in [-0.39, 0.29) is 11.6 Å². The van der Waals surface area contributed by atoms with Crippen molar-refractivity contribution in [3.05, 3.63) is 0 Å². The molecule has 0 spiro atoms. The molecule has 4 nitrogen and oxygen atoms in total. The molecule has 0 bridgehead atoms. The molecule has 1 fully saturated rings. The molecule has 1 saturated heterocycles. The normalized spacial score (nSPS) is 23.2. The Morgan fingerprint density at radius 1 is 1.54 bits per heavy atom. The number of amides is 1. The van der Waals surface area contributed by atoms with Gasteiger partial charge < -0.3 is 10.4 Å². The summed E-state index contributed by atoms with van der Waals surface area (Å²) < 4.78 is 0. The summed E-state index contributed by atoms with van der Waals surface area (Å²) in [6.45, 7) is 7.49. The third-order valence-corrected chi connectivity index (χ3v) is 2.33. The highest BCUT2D eigenvalue weighted by Crippen LogP contribution is 2.20. The molecule has 4 heteroatoms. The molecule has 1 amide bonds. The van der Waals surface area contributed by atoms with Gasteiger partial charge in [0.2, 0.25) is 0 Å². The van der Waals surface area contributed by atoms with Crippen molar-refractivity contribution in [2.75, 3.05) is 13.1 Å². The van der Waals surface area contributed by atoms with Gasteiger partial charge >= 0.3 is 6.09 Å². The summed E-state index contributed by atoms with van der Waals surface area (Å²) in [5, 5.41) is 12.2. The first-order valence-electron chi connectivity index (χ1n) is 4.66. The van der Waals surface area contributed by atoms with E-state index in [4.69, 9.17) is 5.11 Å². The number of carboxylic acid groups (broad SMARTS) is 1. The summed E-state index contributed by atoms with van der Waals surface area (Å²) in [7, 11) is 0. The molecule has 0 radical (unpaired) electrons. The zero-order chi connectivity index (χ0) is 10.1. The average Bonchev–Trinajstić information content (AvgIpc) is 2.34. The third kappa shape index (κ3) is 2.34. The van der Waals surface area contributed by atoms with E-state index in [0.717, 1.165) is 19.5 Å². The van der Waals surface area contributed by atoms with Gasteiger partial charge in [0.1, 0.15) is 0 Å². The third-order valence-electron chi connectivity index (χ3n) is 2.33. The Balaban J connectivity index is 2.72. The van der Waals surface area contributed by atoms with Gasteiger partial charge in [-0.1, -0.05) is 0 Å². The molecule has 0 aromatic rings. The topological polar surface area (TPSA) is 52.6 Å². The summed E-state index contributed by atoms with van der Waals surface area (Å²) in [5.41, 5.74) is -0.303. The van der Waals surface area contributed by atoms with Crippen LogP contribution in [0.1, 0.15) is 27.2 Å². The van der Waals surface area contributed by atoms with Crippen LogP contribution < -0.4 is 5.32 Å². The second-order valence-corrected chi connectivity index (χ2v) is 4.47. The standard InChI is InChI=1S/C9H18N2O2/c1-9(2,3)11(8(12)13)7-4-5-10-6-7/h7,10H,4-6H2,1-3H3,(H,12,13)/t7-/m1/s1. The maximum Gasteiger partial charge on any atom is 0.408 e. The summed E-state index contributed by atoms with van der Waals surface area (Å²) >= 11 is 0. The zero-order valence-corrected chi connectivity index (χ0v) is 8.50. The van der Waals surface area contributed by atoms with Gasteiger partial charge in [0, 0.05) is 18.1 Å². The molecule has 1 rings (SSSR count). The molecular weight excluding hydrogens is 168 g/mol. The largest absolute Gasteiger partial charge is 0.465 e. The van der Waals surface area contributed by atoms with Gasteiger partial charge in [-0.15, -0.1) is 0 Å². The molecule has 0 unspecified atom stereocenters. The number of nitrogens with one attached hydrogen (secondary N) is 1.